The van der Waals surface area contributed by atoms with Crippen LogP contribution in [0.3, 0.4) is 0 Å². The maximum absolute atomic E-state index is 4.78. The number of thiophene rings is 1. The lowest BCUT2D eigenvalue weighted by Gasteiger charge is -2.20. The van der Waals surface area contributed by atoms with Crippen LogP contribution in [0.25, 0.3) is 11.3 Å². The molecule has 19 heavy (non-hydrogen) atoms. The first-order valence-corrected chi connectivity index (χ1v) is 7.53. The highest BCUT2D eigenvalue weighted by atomic mass is 32.1. The number of hydrogen-bond acceptors (Lipinski definition) is 4. The van der Waals surface area contributed by atoms with Crippen molar-refractivity contribution in [2.24, 2.45) is 0 Å². The van der Waals surface area contributed by atoms with Crippen LogP contribution in [0.4, 0.5) is 5.82 Å². The second-order valence-corrected chi connectivity index (χ2v) is 6.44. The molecule has 0 radical (unpaired) electrons. The molecule has 2 aromatic heterocycles. The van der Waals surface area contributed by atoms with Crippen molar-refractivity contribution in [2.45, 2.75) is 40.0 Å². The van der Waals surface area contributed by atoms with Gasteiger partial charge >= 0.3 is 0 Å². The van der Waals surface area contributed by atoms with Gasteiger partial charge in [-0.05, 0) is 25.3 Å². The topological polar surface area (TPSA) is 37.8 Å². The molecule has 0 aromatic carbocycles. The molecule has 0 bridgehead atoms. The van der Waals surface area contributed by atoms with E-state index in [2.05, 4.69) is 61.7 Å². The second kappa shape index (κ2) is 5.29. The zero-order valence-electron chi connectivity index (χ0n) is 12.2. The Balaban J connectivity index is 2.62. The lowest BCUT2D eigenvalue weighted by molar-refractivity contribution is 0.546. The molecule has 0 aliphatic heterocycles. The molecular formula is C15H21N3S. The predicted molar refractivity (Wildman–Crippen MR) is 82.9 cm³/mol. The number of hydrogen-bond donors (Lipinski definition) is 1. The molecule has 0 saturated carbocycles. The zero-order chi connectivity index (χ0) is 14.0. The van der Waals surface area contributed by atoms with Crippen molar-refractivity contribution in [1.29, 1.82) is 0 Å². The molecule has 0 unspecified atom stereocenters. The summed E-state index contributed by atoms with van der Waals surface area (Å²) in [5.41, 5.74) is 3.28. The lowest BCUT2D eigenvalue weighted by Crippen LogP contribution is -2.18. The highest BCUT2D eigenvalue weighted by Gasteiger charge is 2.21. The summed E-state index contributed by atoms with van der Waals surface area (Å²) in [6, 6.07) is 2.11. The first-order chi connectivity index (χ1) is 8.93. The van der Waals surface area contributed by atoms with E-state index in [1.807, 2.05) is 0 Å². The van der Waals surface area contributed by atoms with Gasteiger partial charge in [0.25, 0.3) is 0 Å². The van der Waals surface area contributed by atoms with Crippen LogP contribution < -0.4 is 5.32 Å². The van der Waals surface area contributed by atoms with Crippen LogP contribution in [-0.4, -0.2) is 16.5 Å². The van der Waals surface area contributed by atoms with Gasteiger partial charge in [-0.1, -0.05) is 20.8 Å². The fraction of sp³-hybridized carbons (Fsp3) is 0.467. The van der Waals surface area contributed by atoms with Crippen LogP contribution in [0.2, 0.25) is 0 Å². The molecule has 4 heteroatoms. The fourth-order valence-corrected chi connectivity index (χ4v) is 2.51. The Kier molecular flexibility index (Phi) is 3.90. The summed E-state index contributed by atoms with van der Waals surface area (Å²) >= 11 is 1.69. The van der Waals surface area contributed by atoms with Crippen molar-refractivity contribution in [3.05, 3.63) is 28.2 Å². The molecule has 0 amide bonds. The van der Waals surface area contributed by atoms with Crippen LogP contribution in [0.5, 0.6) is 0 Å². The van der Waals surface area contributed by atoms with E-state index in [0.717, 1.165) is 29.4 Å². The number of nitrogens with zero attached hydrogens (tertiary/aromatic N) is 2. The Bertz CT molecular complexity index is 554. The molecule has 2 aromatic rings. The van der Waals surface area contributed by atoms with Crippen molar-refractivity contribution in [2.75, 3.05) is 11.9 Å². The molecule has 0 aliphatic rings. The van der Waals surface area contributed by atoms with Gasteiger partial charge in [-0.25, -0.2) is 9.97 Å². The Hall–Kier alpha value is -1.42. The van der Waals surface area contributed by atoms with Crippen LogP contribution in [0, 0.1) is 6.92 Å². The first kappa shape index (κ1) is 14.0. The minimum Gasteiger partial charge on any atom is -0.370 e. The zero-order valence-corrected chi connectivity index (χ0v) is 13.1. The SMILES string of the molecule is CCNc1nc(C(C)(C)C)nc(-c2ccsc2)c1C. The van der Waals surface area contributed by atoms with Crippen molar-refractivity contribution >= 4 is 17.2 Å². The van der Waals surface area contributed by atoms with E-state index in [0.29, 0.717) is 0 Å². The number of nitrogens with one attached hydrogen (secondary N) is 1. The van der Waals surface area contributed by atoms with Gasteiger partial charge in [0.1, 0.15) is 11.6 Å². The summed E-state index contributed by atoms with van der Waals surface area (Å²) in [6.07, 6.45) is 0. The molecule has 0 saturated heterocycles. The predicted octanol–water partition coefficient (Wildman–Crippen LogP) is 4.24. The van der Waals surface area contributed by atoms with Crippen molar-refractivity contribution in [1.82, 2.24) is 9.97 Å². The minimum absolute atomic E-state index is 0.0529. The van der Waals surface area contributed by atoms with Gasteiger partial charge in [-0.3, -0.25) is 0 Å². The van der Waals surface area contributed by atoms with Gasteiger partial charge in [-0.15, -0.1) is 0 Å². The van der Waals surface area contributed by atoms with Crippen LogP contribution in [-0.2, 0) is 5.41 Å². The third-order valence-electron chi connectivity index (χ3n) is 2.96. The Morgan fingerprint density at radius 1 is 1.26 bits per heavy atom. The molecule has 0 aliphatic carbocycles. The number of anilines is 1. The van der Waals surface area contributed by atoms with Crippen molar-refractivity contribution < 1.29 is 0 Å². The number of rotatable bonds is 3. The summed E-state index contributed by atoms with van der Waals surface area (Å²) in [7, 11) is 0. The van der Waals surface area contributed by atoms with Crippen molar-refractivity contribution in [3.8, 4) is 11.3 Å². The van der Waals surface area contributed by atoms with Gasteiger partial charge in [0.2, 0.25) is 0 Å². The maximum Gasteiger partial charge on any atom is 0.136 e. The normalized spacial score (nSPS) is 11.6. The quantitative estimate of drug-likeness (QED) is 0.910. The van der Waals surface area contributed by atoms with Crippen LogP contribution in [0.15, 0.2) is 16.8 Å². The molecule has 102 valence electrons. The monoisotopic (exact) mass is 275 g/mol. The van der Waals surface area contributed by atoms with E-state index < -0.39 is 0 Å². The average molecular weight is 275 g/mol. The van der Waals surface area contributed by atoms with E-state index in [1.165, 1.54) is 5.56 Å². The minimum atomic E-state index is -0.0529. The van der Waals surface area contributed by atoms with Crippen LogP contribution >= 0.6 is 11.3 Å². The Morgan fingerprint density at radius 2 is 2.00 bits per heavy atom. The Labute approximate surface area is 119 Å². The molecule has 3 nitrogen and oxygen atoms in total. The lowest BCUT2D eigenvalue weighted by atomic mass is 9.95. The van der Waals surface area contributed by atoms with E-state index >= 15 is 0 Å². The van der Waals surface area contributed by atoms with E-state index in [9.17, 15) is 0 Å². The molecule has 2 rings (SSSR count). The van der Waals surface area contributed by atoms with E-state index in [4.69, 9.17) is 4.98 Å². The molecule has 0 atom stereocenters. The summed E-state index contributed by atoms with van der Waals surface area (Å²) in [6.45, 7) is 11.5. The van der Waals surface area contributed by atoms with Gasteiger partial charge in [0, 0.05) is 28.5 Å². The number of aromatic nitrogens is 2. The maximum atomic E-state index is 4.78. The highest BCUT2D eigenvalue weighted by Crippen LogP contribution is 2.30. The van der Waals surface area contributed by atoms with E-state index in [-0.39, 0.29) is 5.41 Å². The standard InChI is InChI=1S/C15H21N3S/c1-6-16-13-10(2)12(11-7-8-19-9-11)17-14(18-13)15(3,4)5/h7-9H,6H2,1-5H3,(H,16,17,18). The third kappa shape index (κ3) is 2.95. The fourth-order valence-electron chi connectivity index (χ4n) is 1.87. The first-order valence-electron chi connectivity index (χ1n) is 6.59. The van der Waals surface area contributed by atoms with Gasteiger partial charge in [0.15, 0.2) is 0 Å². The molecule has 0 spiro atoms. The third-order valence-corrected chi connectivity index (χ3v) is 3.64. The van der Waals surface area contributed by atoms with Gasteiger partial charge in [-0.2, -0.15) is 11.3 Å². The molecule has 0 fully saturated rings. The van der Waals surface area contributed by atoms with Crippen LogP contribution in [0.1, 0.15) is 39.1 Å². The summed E-state index contributed by atoms with van der Waals surface area (Å²) in [5, 5.41) is 7.56. The molecule has 1 N–H and O–H groups in total. The summed E-state index contributed by atoms with van der Waals surface area (Å²) < 4.78 is 0. The van der Waals surface area contributed by atoms with E-state index in [1.54, 1.807) is 11.3 Å². The molecular weight excluding hydrogens is 254 g/mol. The highest BCUT2D eigenvalue weighted by molar-refractivity contribution is 7.08. The summed E-state index contributed by atoms with van der Waals surface area (Å²) in [4.78, 5) is 9.47. The largest absolute Gasteiger partial charge is 0.370 e. The summed E-state index contributed by atoms with van der Waals surface area (Å²) in [5.74, 6) is 1.83. The van der Waals surface area contributed by atoms with Gasteiger partial charge < -0.3 is 5.32 Å². The Morgan fingerprint density at radius 3 is 2.53 bits per heavy atom. The second-order valence-electron chi connectivity index (χ2n) is 5.66. The van der Waals surface area contributed by atoms with Crippen molar-refractivity contribution in [3.63, 3.8) is 0 Å². The molecule has 2 heterocycles. The van der Waals surface area contributed by atoms with Gasteiger partial charge in [0.05, 0.1) is 5.69 Å². The average Bonchev–Trinajstić information content (AvgIpc) is 2.84. The smallest absolute Gasteiger partial charge is 0.136 e.